The zero-order valence-electron chi connectivity index (χ0n) is 12.0. The first kappa shape index (κ1) is 18.9. The average molecular weight is 342 g/mol. The van der Waals surface area contributed by atoms with Crippen LogP contribution in [0.4, 0.5) is 0 Å². The zero-order valence-corrected chi connectivity index (χ0v) is 12.0. The van der Waals surface area contributed by atoms with Crippen molar-refractivity contribution in [3.05, 3.63) is 0 Å². The van der Waals surface area contributed by atoms with E-state index in [9.17, 15) is 30.6 Å². The van der Waals surface area contributed by atoms with Gasteiger partial charge in [-0.2, -0.15) is 0 Å². The molecule has 0 bridgehead atoms. The SMILES string of the molecule is OCC1O[C@@H](O[C@H]2O[C@H](CO)C(O)C(O)C2O)C(O)C(O)[C@@H]1O. The highest BCUT2D eigenvalue weighted by atomic mass is 16.8. The third-order valence-electron chi connectivity index (χ3n) is 3.97. The Labute approximate surface area is 130 Å². The van der Waals surface area contributed by atoms with Crippen molar-refractivity contribution < 1.29 is 55.1 Å². The summed E-state index contributed by atoms with van der Waals surface area (Å²) in [7, 11) is 0. The molecule has 2 rings (SSSR count). The van der Waals surface area contributed by atoms with Crippen LogP contribution in [0.25, 0.3) is 0 Å². The van der Waals surface area contributed by atoms with E-state index in [1.54, 1.807) is 0 Å². The van der Waals surface area contributed by atoms with Crippen LogP contribution in [0.3, 0.4) is 0 Å². The molecule has 0 spiro atoms. The van der Waals surface area contributed by atoms with Gasteiger partial charge in [0.25, 0.3) is 0 Å². The van der Waals surface area contributed by atoms with Crippen LogP contribution in [0, 0.1) is 0 Å². The largest absolute Gasteiger partial charge is 0.394 e. The summed E-state index contributed by atoms with van der Waals surface area (Å²) in [6.07, 6.45) is -15.6. The van der Waals surface area contributed by atoms with Crippen molar-refractivity contribution in [1.29, 1.82) is 0 Å². The summed E-state index contributed by atoms with van der Waals surface area (Å²) < 4.78 is 15.3. The van der Waals surface area contributed by atoms with Gasteiger partial charge in [-0.1, -0.05) is 0 Å². The van der Waals surface area contributed by atoms with Crippen LogP contribution in [0.5, 0.6) is 0 Å². The Morgan fingerprint density at radius 1 is 0.565 bits per heavy atom. The van der Waals surface area contributed by atoms with Gasteiger partial charge in [0.1, 0.15) is 48.8 Å². The van der Waals surface area contributed by atoms with Crippen LogP contribution in [0.1, 0.15) is 0 Å². The summed E-state index contributed by atoms with van der Waals surface area (Å²) >= 11 is 0. The molecule has 0 aromatic rings. The Kier molecular flexibility index (Phi) is 6.27. The van der Waals surface area contributed by atoms with Crippen LogP contribution in [0.15, 0.2) is 0 Å². The van der Waals surface area contributed by atoms with Crippen LogP contribution < -0.4 is 0 Å². The molecule has 0 amide bonds. The van der Waals surface area contributed by atoms with Crippen LogP contribution in [-0.4, -0.2) is 115 Å². The molecule has 23 heavy (non-hydrogen) atoms. The molecule has 2 fully saturated rings. The number of hydrogen-bond donors (Lipinski definition) is 8. The molecule has 2 aliphatic rings. The number of aliphatic hydroxyl groups excluding tert-OH is 8. The Hall–Kier alpha value is -0.440. The Balaban J connectivity index is 2.07. The second-order valence-electron chi connectivity index (χ2n) is 5.53. The van der Waals surface area contributed by atoms with E-state index in [-0.39, 0.29) is 0 Å². The number of aliphatic hydroxyl groups is 8. The summed E-state index contributed by atoms with van der Waals surface area (Å²) in [6.45, 7) is -1.33. The summed E-state index contributed by atoms with van der Waals surface area (Å²) in [6, 6.07) is 0. The molecule has 136 valence electrons. The lowest BCUT2D eigenvalue weighted by molar-refractivity contribution is -0.376. The minimum Gasteiger partial charge on any atom is -0.394 e. The highest BCUT2D eigenvalue weighted by Gasteiger charge is 2.49. The van der Waals surface area contributed by atoms with E-state index in [0.717, 1.165) is 0 Å². The molecule has 0 aromatic carbocycles. The Bertz CT molecular complexity index is 344. The molecule has 0 aromatic heterocycles. The van der Waals surface area contributed by atoms with Crippen molar-refractivity contribution in [2.24, 2.45) is 0 Å². The highest BCUT2D eigenvalue weighted by molar-refractivity contribution is 4.92. The Morgan fingerprint density at radius 2 is 0.913 bits per heavy atom. The summed E-state index contributed by atoms with van der Waals surface area (Å²) in [5.41, 5.74) is 0. The molecular formula is C12H22O11. The first-order valence-electron chi connectivity index (χ1n) is 7.08. The quantitative estimate of drug-likeness (QED) is 0.243. The van der Waals surface area contributed by atoms with Gasteiger partial charge in [-0.05, 0) is 0 Å². The maximum Gasteiger partial charge on any atom is 0.189 e. The second-order valence-corrected chi connectivity index (χ2v) is 5.53. The van der Waals surface area contributed by atoms with Gasteiger partial charge in [-0.15, -0.1) is 0 Å². The summed E-state index contributed by atoms with van der Waals surface area (Å²) in [5, 5.41) is 76.4. The standard InChI is InChI=1S/C12H22O11/c13-1-3-5(15)7(17)9(19)11(21-3)23-12-10(20)8(18)6(16)4(2-14)22-12/h3-20H,1-2H2/t3-,4?,5?,6-,7?,8?,9?,10?,11-,12+/m1/s1. The van der Waals surface area contributed by atoms with E-state index in [1.807, 2.05) is 0 Å². The minimum absolute atomic E-state index is 0.667. The molecule has 10 atom stereocenters. The van der Waals surface area contributed by atoms with Crippen LogP contribution in [-0.2, 0) is 14.2 Å². The van der Waals surface area contributed by atoms with Crippen molar-refractivity contribution in [3.8, 4) is 0 Å². The van der Waals surface area contributed by atoms with E-state index in [1.165, 1.54) is 0 Å². The average Bonchev–Trinajstić information content (AvgIpc) is 2.55. The molecule has 6 unspecified atom stereocenters. The molecular weight excluding hydrogens is 320 g/mol. The van der Waals surface area contributed by atoms with E-state index < -0.39 is 74.6 Å². The first-order valence-corrected chi connectivity index (χ1v) is 7.08. The topological polar surface area (TPSA) is 190 Å². The van der Waals surface area contributed by atoms with Gasteiger partial charge in [-0.3, -0.25) is 0 Å². The van der Waals surface area contributed by atoms with Gasteiger partial charge in [0.2, 0.25) is 0 Å². The molecule has 0 saturated carbocycles. The molecule has 11 nitrogen and oxygen atoms in total. The van der Waals surface area contributed by atoms with Gasteiger partial charge in [0.15, 0.2) is 12.6 Å². The van der Waals surface area contributed by atoms with Gasteiger partial charge >= 0.3 is 0 Å². The van der Waals surface area contributed by atoms with E-state index >= 15 is 0 Å². The number of hydrogen-bond acceptors (Lipinski definition) is 11. The van der Waals surface area contributed by atoms with Crippen molar-refractivity contribution in [3.63, 3.8) is 0 Å². The molecule has 2 saturated heterocycles. The van der Waals surface area contributed by atoms with E-state index in [2.05, 4.69) is 0 Å². The fourth-order valence-electron chi connectivity index (χ4n) is 2.49. The zero-order chi connectivity index (χ0) is 17.3. The third-order valence-corrected chi connectivity index (χ3v) is 3.97. The second kappa shape index (κ2) is 7.63. The predicted octanol–water partition coefficient (Wildman–Crippen LogP) is -5.40. The summed E-state index contributed by atoms with van der Waals surface area (Å²) in [4.78, 5) is 0. The lowest BCUT2D eigenvalue weighted by Crippen LogP contribution is -2.63. The van der Waals surface area contributed by atoms with Gasteiger partial charge in [0, 0.05) is 0 Å². The fraction of sp³-hybridized carbons (Fsp3) is 1.00. The molecule has 2 aliphatic heterocycles. The summed E-state index contributed by atoms with van der Waals surface area (Å²) in [5.74, 6) is 0. The van der Waals surface area contributed by atoms with Crippen LogP contribution in [0.2, 0.25) is 0 Å². The number of ether oxygens (including phenoxy) is 3. The minimum atomic E-state index is -1.72. The number of rotatable bonds is 4. The van der Waals surface area contributed by atoms with Gasteiger partial charge in [-0.25, -0.2) is 0 Å². The monoisotopic (exact) mass is 342 g/mol. The maximum atomic E-state index is 9.84. The lowest BCUT2D eigenvalue weighted by Gasteiger charge is -2.44. The lowest BCUT2D eigenvalue weighted by atomic mass is 9.98. The van der Waals surface area contributed by atoms with Crippen molar-refractivity contribution in [2.75, 3.05) is 13.2 Å². The normalized spacial score (nSPS) is 51.7. The highest BCUT2D eigenvalue weighted by Crippen LogP contribution is 2.27. The predicted molar refractivity (Wildman–Crippen MR) is 68.6 cm³/mol. The molecule has 8 N–H and O–H groups in total. The smallest absolute Gasteiger partial charge is 0.189 e. The Morgan fingerprint density at radius 3 is 1.22 bits per heavy atom. The van der Waals surface area contributed by atoms with Gasteiger partial charge < -0.3 is 55.1 Å². The fourth-order valence-corrected chi connectivity index (χ4v) is 2.49. The molecule has 2 heterocycles. The van der Waals surface area contributed by atoms with E-state index in [0.29, 0.717) is 0 Å². The van der Waals surface area contributed by atoms with Crippen molar-refractivity contribution in [1.82, 2.24) is 0 Å². The molecule has 0 aliphatic carbocycles. The third kappa shape index (κ3) is 3.65. The molecule has 11 heteroatoms. The van der Waals surface area contributed by atoms with Crippen LogP contribution >= 0.6 is 0 Å². The van der Waals surface area contributed by atoms with Crippen molar-refractivity contribution in [2.45, 2.75) is 61.4 Å². The first-order chi connectivity index (χ1) is 10.8. The molecule has 0 radical (unpaired) electrons. The van der Waals surface area contributed by atoms with E-state index in [4.69, 9.17) is 24.4 Å². The van der Waals surface area contributed by atoms with Gasteiger partial charge in [0.05, 0.1) is 13.2 Å². The van der Waals surface area contributed by atoms with Crippen molar-refractivity contribution >= 4 is 0 Å². The maximum absolute atomic E-state index is 9.84.